The second-order valence-electron chi connectivity index (χ2n) is 3.67. The van der Waals surface area contributed by atoms with Crippen molar-refractivity contribution in [1.82, 2.24) is 4.72 Å². The molecule has 1 aliphatic rings. The molecule has 0 aromatic heterocycles. The first kappa shape index (κ1) is 10.9. The molecule has 0 fully saturated rings. The Labute approximate surface area is 94.5 Å². The number of nitrogens with one attached hydrogen (secondary N) is 1. The predicted octanol–water partition coefficient (Wildman–Crippen LogP) is 1.44. The van der Waals surface area contributed by atoms with E-state index in [1.807, 2.05) is 18.2 Å². The minimum absolute atomic E-state index is 0.305. The molecule has 0 saturated heterocycles. The van der Waals surface area contributed by atoms with Gasteiger partial charge in [0, 0.05) is 12.5 Å². The zero-order valence-electron chi connectivity index (χ0n) is 8.11. The van der Waals surface area contributed by atoms with Crippen molar-refractivity contribution in [2.24, 2.45) is 0 Å². The van der Waals surface area contributed by atoms with Crippen LogP contribution in [0, 0.1) is 0 Å². The van der Waals surface area contributed by atoms with Crippen molar-refractivity contribution in [1.29, 1.82) is 0 Å². The first-order valence-electron chi connectivity index (χ1n) is 4.73. The summed E-state index contributed by atoms with van der Waals surface area (Å²) in [6, 6.07) is 8.08. The Hall–Kier alpha value is -0.580. The van der Waals surface area contributed by atoms with Gasteiger partial charge in [0.2, 0.25) is 10.0 Å². The third kappa shape index (κ3) is 2.33. The van der Waals surface area contributed by atoms with Gasteiger partial charge in [-0.15, -0.1) is 11.6 Å². The molecular formula is C10H12ClNO2S. The average Bonchev–Trinajstić information content (AvgIpc) is 2.19. The van der Waals surface area contributed by atoms with Gasteiger partial charge in [0.25, 0.3) is 0 Å². The van der Waals surface area contributed by atoms with E-state index in [1.54, 1.807) is 0 Å². The van der Waals surface area contributed by atoms with E-state index in [2.05, 4.69) is 10.8 Å². The summed E-state index contributed by atoms with van der Waals surface area (Å²) in [5.74, 6) is 0.305. The van der Waals surface area contributed by atoms with E-state index in [0.29, 0.717) is 12.5 Å². The van der Waals surface area contributed by atoms with Gasteiger partial charge < -0.3 is 0 Å². The predicted molar refractivity (Wildman–Crippen MR) is 60.5 cm³/mol. The maximum Gasteiger partial charge on any atom is 0.225 e. The van der Waals surface area contributed by atoms with Crippen LogP contribution in [0.5, 0.6) is 0 Å². The highest BCUT2D eigenvalue weighted by Gasteiger charge is 2.26. The molecule has 0 radical (unpaired) electrons. The van der Waals surface area contributed by atoms with E-state index in [-0.39, 0.29) is 5.21 Å². The largest absolute Gasteiger partial charge is 0.225 e. The Bertz CT molecular complexity index is 458. The summed E-state index contributed by atoms with van der Waals surface area (Å²) in [5.41, 5.74) is 2.56. The first-order chi connectivity index (χ1) is 7.12. The molecule has 0 aliphatic heterocycles. The van der Waals surface area contributed by atoms with E-state index >= 15 is 0 Å². The standard InChI is InChI=1S/C10H12ClNO2S/c11-7-15(13,14)12-6-9-5-8-3-1-2-4-10(8)9/h1-4,9,12H,5-7H2. The summed E-state index contributed by atoms with van der Waals surface area (Å²) in [5, 5.41) is -0.374. The molecule has 15 heavy (non-hydrogen) atoms. The van der Waals surface area contributed by atoms with Gasteiger partial charge in [-0.25, -0.2) is 13.1 Å². The maximum atomic E-state index is 11.1. The highest BCUT2D eigenvalue weighted by atomic mass is 35.5. The monoisotopic (exact) mass is 245 g/mol. The van der Waals surface area contributed by atoms with Crippen LogP contribution in [-0.4, -0.2) is 20.2 Å². The van der Waals surface area contributed by atoms with Gasteiger partial charge in [0.1, 0.15) is 5.21 Å². The zero-order chi connectivity index (χ0) is 10.9. The summed E-state index contributed by atoms with van der Waals surface area (Å²) in [7, 11) is -3.28. The van der Waals surface area contributed by atoms with Gasteiger partial charge in [-0.2, -0.15) is 0 Å². The number of benzene rings is 1. The van der Waals surface area contributed by atoms with Crippen molar-refractivity contribution < 1.29 is 8.42 Å². The molecule has 3 nitrogen and oxygen atoms in total. The minimum atomic E-state index is -3.28. The molecule has 1 N–H and O–H groups in total. The van der Waals surface area contributed by atoms with E-state index < -0.39 is 10.0 Å². The summed E-state index contributed by atoms with van der Waals surface area (Å²) in [6.45, 7) is 0.450. The molecule has 0 amide bonds. The van der Waals surface area contributed by atoms with E-state index in [1.165, 1.54) is 11.1 Å². The third-order valence-corrected chi connectivity index (χ3v) is 4.41. The number of fused-ring (bicyclic) bond motifs is 1. The van der Waals surface area contributed by atoms with Crippen LogP contribution in [0.4, 0.5) is 0 Å². The number of alkyl halides is 1. The van der Waals surface area contributed by atoms with E-state index in [4.69, 9.17) is 11.6 Å². The molecule has 0 saturated carbocycles. The topological polar surface area (TPSA) is 46.2 Å². The highest BCUT2D eigenvalue weighted by Crippen LogP contribution is 2.34. The first-order valence-corrected chi connectivity index (χ1v) is 6.92. The molecule has 1 unspecified atom stereocenters. The number of rotatable bonds is 4. The molecule has 2 rings (SSSR count). The Balaban J connectivity index is 1.96. The van der Waals surface area contributed by atoms with Crippen LogP contribution in [0.2, 0.25) is 0 Å². The van der Waals surface area contributed by atoms with Gasteiger partial charge >= 0.3 is 0 Å². The molecule has 0 spiro atoms. The summed E-state index contributed by atoms with van der Waals surface area (Å²) < 4.78 is 24.7. The molecule has 1 atom stereocenters. The van der Waals surface area contributed by atoms with Gasteiger partial charge in [-0.1, -0.05) is 24.3 Å². The maximum absolute atomic E-state index is 11.1. The third-order valence-electron chi connectivity index (χ3n) is 2.65. The fraction of sp³-hybridized carbons (Fsp3) is 0.400. The number of halogens is 1. The minimum Gasteiger partial charge on any atom is -0.214 e. The smallest absolute Gasteiger partial charge is 0.214 e. The summed E-state index contributed by atoms with van der Waals surface area (Å²) >= 11 is 5.29. The average molecular weight is 246 g/mol. The Morgan fingerprint density at radius 3 is 2.80 bits per heavy atom. The van der Waals surface area contributed by atoms with Crippen molar-refractivity contribution >= 4 is 21.6 Å². The molecule has 5 heteroatoms. The Morgan fingerprint density at radius 2 is 2.13 bits per heavy atom. The van der Waals surface area contributed by atoms with Crippen LogP contribution < -0.4 is 4.72 Å². The Kier molecular flexibility index (Phi) is 3.00. The lowest BCUT2D eigenvalue weighted by Gasteiger charge is -2.29. The summed E-state index contributed by atoms with van der Waals surface area (Å²) in [6.07, 6.45) is 0.945. The fourth-order valence-corrected chi connectivity index (χ4v) is 2.57. The van der Waals surface area contributed by atoms with E-state index in [9.17, 15) is 8.42 Å². The SMILES string of the molecule is O=S(=O)(CCl)NCC1Cc2ccccc21. The highest BCUT2D eigenvalue weighted by molar-refractivity contribution is 7.90. The lowest BCUT2D eigenvalue weighted by atomic mass is 9.78. The van der Waals surface area contributed by atoms with Gasteiger partial charge in [-0.3, -0.25) is 0 Å². The van der Waals surface area contributed by atoms with Crippen LogP contribution in [0.1, 0.15) is 17.0 Å². The number of hydrogen-bond acceptors (Lipinski definition) is 2. The van der Waals surface area contributed by atoms with E-state index in [0.717, 1.165) is 6.42 Å². The van der Waals surface area contributed by atoms with Gasteiger partial charge in [-0.05, 0) is 17.5 Å². The van der Waals surface area contributed by atoms with Gasteiger partial charge in [0.05, 0.1) is 0 Å². The lowest BCUT2D eigenvalue weighted by molar-refractivity contribution is 0.555. The van der Waals surface area contributed by atoms with Crippen LogP contribution >= 0.6 is 11.6 Å². The molecule has 0 heterocycles. The molecule has 82 valence electrons. The Morgan fingerprint density at radius 1 is 1.40 bits per heavy atom. The molecular weight excluding hydrogens is 234 g/mol. The van der Waals surface area contributed by atoms with Crippen LogP contribution in [0.15, 0.2) is 24.3 Å². The normalized spacial score (nSPS) is 19.4. The second-order valence-corrected chi connectivity index (χ2v) is 6.06. The lowest BCUT2D eigenvalue weighted by Crippen LogP contribution is -2.33. The van der Waals surface area contributed by atoms with Crippen molar-refractivity contribution in [2.75, 3.05) is 11.8 Å². The summed E-state index contributed by atoms with van der Waals surface area (Å²) in [4.78, 5) is 0. The molecule has 0 bridgehead atoms. The van der Waals surface area contributed by atoms with Crippen LogP contribution in [-0.2, 0) is 16.4 Å². The number of sulfonamides is 1. The number of hydrogen-bond donors (Lipinski definition) is 1. The van der Waals surface area contributed by atoms with Crippen molar-refractivity contribution in [3.63, 3.8) is 0 Å². The van der Waals surface area contributed by atoms with Crippen molar-refractivity contribution in [3.05, 3.63) is 35.4 Å². The van der Waals surface area contributed by atoms with Crippen LogP contribution in [0.25, 0.3) is 0 Å². The van der Waals surface area contributed by atoms with Crippen LogP contribution in [0.3, 0.4) is 0 Å². The zero-order valence-corrected chi connectivity index (χ0v) is 9.68. The van der Waals surface area contributed by atoms with Crippen molar-refractivity contribution in [2.45, 2.75) is 12.3 Å². The molecule has 1 aliphatic carbocycles. The fourth-order valence-electron chi connectivity index (χ4n) is 1.81. The second kappa shape index (κ2) is 4.12. The van der Waals surface area contributed by atoms with Crippen molar-refractivity contribution in [3.8, 4) is 0 Å². The molecule has 1 aromatic carbocycles. The quantitative estimate of drug-likeness (QED) is 0.816. The van der Waals surface area contributed by atoms with Gasteiger partial charge in [0.15, 0.2) is 0 Å². The molecule has 1 aromatic rings.